The first kappa shape index (κ1) is 21.6. The number of aryl methyl sites for hydroxylation is 1. The molecule has 0 bridgehead atoms. The Hall–Kier alpha value is -4.12. The number of carbonyl (C=O) groups is 3. The molecule has 8 heteroatoms. The highest BCUT2D eigenvalue weighted by Gasteiger charge is 2.33. The van der Waals surface area contributed by atoms with Crippen LogP contribution >= 0.6 is 0 Å². The number of anilines is 2. The van der Waals surface area contributed by atoms with Crippen molar-refractivity contribution in [2.75, 3.05) is 30.0 Å². The van der Waals surface area contributed by atoms with Gasteiger partial charge >= 0.3 is 5.97 Å². The van der Waals surface area contributed by atoms with E-state index in [4.69, 9.17) is 14.7 Å². The van der Waals surface area contributed by atoms with E-state index in [9.17, 15) is 14.4 Å². The second-order valence-corrected chi connectivity index (χ2v) is 6.77. The normalized spacial score (nSPS) is 12.7. The smallest absolute Gasteiger partial charge is 0.347 e. The molecule has 0 spiro atoms. The summed E-state index contributed by atoms with van der Waals surface area (Å²) in [6, 6.07) is 18.1. The maximum absolute atomic E-state index is 12.7. The fraction of sp³-hybridized carbons (Fsp3) is 0.217. The topological polar surface area (TPSA) is 109 Å². The number of nitrogens with zero attached hydrogens (tertiary/aromatic N) is 2. The van der Waals surface area contributed by atoms with Gasteiger partial charge in [0.1, 0.15) is 0 Å². The van der Waals surface area contributed by atoms with Gasteiger partial charge in [-0.05, 0) is 31.2 Å². The summed E-state index contributed by atoms with van der Waals surface area (Å²) in [4.78, 5) is 38.7. The Bertz CT molecular complexity index is 1040. The molecule has 0 radical (unpaired) electrons. The quantitative estimate of drug-likeness (QED) is 0.518. The van der Waals surface area contributed by atoms with E-state index in [1.807, 2.05) is 31.2 Å². The van der Waals surface area contributed by atoms with Gasteiger partial charge in [-0.15, -0.1) is 0 Å². The minimum Gasteiger partial charge on any atom is -0.470 e. The summed E-state index contributed by atoms with van der Waals surface area (Å²) in [5.74, 6) is -1.99. The molecule has 31 heavy (non-hydrogen) atoms. The monoisotopic (exact) mass is 419 g/mol. The lowest BCUT2D eigenvalue weighted by Crippen LogP contribution is -2.36. The Kier molecular flexibility index (Phi) is 7.01. The number of amides is 1. The van der Waals surface area contributed by atoms with Crippen LogP contribution in [-0.4, -0.2) is 37.4 Å². The van der Waals surface area contributed by atoms with Crippen molar-refractivity contribution >= 4 is 29.0 Å². The summed E-state index contributed by atoms with van der Waals surface area (Å²) in [5, 5.41) is 11.8. The van der Waals surface area contributed by atoms with Crippen LogP contribution in [0.2, 0.25) is 0 Å². The van der Waals surface area contributed by atoms with Crippen molar-refractivity contribution in [3.05, 3.63) is 71.6 Å². The van der Waals surface area contributed by atoms with Gasteiger partial charge in [0.2, 0.25) is 11.7 Å². The molecule has 0 aliphatic carbocycles. The van der Waals surface area contributed by atoms with E-state index in [-0.39, 0.29) is 31.0 Å². The fourth-order valence-corrected chi connectivity index (χ4v) is 2.93. The minimum absolute atomic E-state index is 0.00600. The van der Waals surface area contributed by atoms with Crippen molar-refractivity contribution in [1.29, 1.82) is 5.26 Å². The Morgan fingerprint density at radius 1 is 1.16 bits per heavy atom. The average molecular weight is 419 g/mol. The average Bonchev–Trinajstić information content (AvgIpc) is 3.14. The first-order chi connectivity index (χ1) is 15.0. The highest BCUT2D eigenvalue weighted by Crippen LogP contribution is 2.21. The van der Waals surface area contributed by atoms with Gasteiger partial charge in [0.05, 0.1) is 12.5 Å². The molecule has 2 aromatic carbocycles. The standard InChI is InChI=1S/C23H21N3O5/c1-16-8-10-18(11-9-16)26(13-5-12-24)20(28)15-31-23(29)21-19(27)14-30-22(21)25-17-6-3-2-4-7-17/h2-4,6-11,25H,5,13-15H2,1H3. The number of benzene rings is 2. The Labute approximate surface area is 179 Å². The van der Waals surface area contributed by atoms with Crippen molar-refractivity contribution in [2.24, 2.45) is 0 Å². The van der Waals surface area contributed by atoms with Crippen LogP contribution in [0.3, 0.4) is 0 Å². The van der Waals surface area contributed by atoms with E-state index in [1.165, 1.54) is 4.90 Å². The molecule has 1 N–H and O–H groups in total. The molecule has 3 rings (SSSR count). The van der Waals surface area contributed by atoms with Gasteiger partial charge in [0.15, 0.2) is 18.8 Å². The predicted octanol–water partition coefficient (Wildman–Crippen LogP) is 2.71. The molecular formula is C23H21N3O5. The van der Waals surface area contributed by atoms with Crippen LogP contribution in [0.15, 0.2) is 66.1 Å². The molecule has 1 heterocycles. The van der Waals surface area contributed by atoms with E-state index < -0.39 is 24.3 Å². The van der Waals surface area contributed by atoms with Crippen LogP contribution in [0, 0.1) is 18.3 Å². The Balaban J connectivity index is 1.70. The zero-order valence-electron chi connectivity index (χ0n) is 17.0. The molecule has 1 aliphatic heterocycles. The van der Waals surface area contributed by atoms with Crippen molar-refractivity contribution in [3.63, 3.8) is 0 Å². The molecule has 0 saturated carbocycles. The number of hydrogen-bond donors (Lipinski definition) is 1. The maximum atomic E-state index is 12.7. The summed E-state index contributed by atoms with van der Waals surface area (Å²) in [6.07, 6.45) is 0.121. The molecule has 0 fully saturated rings. The number of rotatable bonds is 8. The number of esters is 1. The third kappa shape index (κ3) is 5.48. The number of carbonyl (C=O) groups excluding carboxylic acids is 3. The molecule has 0 saturated heterocycles. The molecular weight excluding hydrogens is 398 g/mol. The second kappa shape index (κ2) is 10.1. The van der Waals surface area contributed by atoms with Gasteiger partial charge in [-0.3, -0.25) is 9.59 Å². The SMILES string of the molecule is Cc1ccc(N(CCC#N)C(=O)COC(=O)C2=C(Nc3ccccc3)OCC2=O)cc1. The summed E-state index contributed by atoms with van der Waals surface area (Å²) in [7, 11) is 0. The molecule has 1 aliphatic rings. The van der Waals surface area contributed by atoms with Crippen LogP contribution in [0.5, 0.6) is 0 Å². The first-order valence-electron chi connectivity index (χ1n) is 9.63. The largest absolute Gasteiger partial charge is 0.470 e. The molecule has 1 amide bonds. The van der Waals surface area contributed by atoms with Crippen LogP contribution in [0.1, 0.15) is 12.0 Å². The number of Topliss-reactive ketones (excluding diaryl/α,β-unsaturated/α-hetero) is 1. The van der Waals surface area contributed by atoms with Crippen molar-refractivity contribution in [2.45, 2.75) is 13.3 Å². The predicted molar refractivity (Wildman–Crippen MR) is 113 cm³/mol. The summed E-state index contributed by atoms with van der Waals surface area (Å²) < 4.78 is 10.4. The van der Waals surface area contributed by atoms with Crippen molar-refractivity contribution < 1.29 is 23.9 Å². The third-order valence-electron chi connectivity index (χ3n) is 4.51. The number of para-hydroxylation sites is 1. The van der Waals surface area contributed by atoms with E-state index in [0.29, 0.717) is 11.4 Å². The van der Waals surface area contributed by atoms with Gasteiger partial charge in [-0.1, -0.05) is 35.9 Å². The zero-order valence-corrected chi connectivity index (χ0v) is 17.0. The highest BCUT2D eigenvalue weighted by molar-refractivity contribution is 6.20. The van der Waals surface area contributed by atoms with E-state index >= 15 is 0 Å². The Morgan fingerprint density at radius 3 is 2.55 bits per heavy atom. The van der Waals surface area contributed by atoms with Crippen LogP contribution in [0.4, 0.5) is 11.4 Å². The molecule has 0 aromatic heterocycles. The van der Waals surface area contributed by atoms with Gasteiger partial charge in [-0.25, -0.2) is 4.79 Å². The number of hydrogen-bond acceptors (Lipinski definition) is 7. The lowest BCUT2D eigenvalue weighted by molar-refractivity contribution is -0.144. The van der Waals surface area contributed by atoms with Gasteiger partial charge in [0, 0.05) is 17.9 Å². The summed E-state index contributed by atoms with van der Waals surface area (Å²) in [5.41, 5.74) is 1.98. The molecule has 2 aromatic rings. The first-order valence-corrected chi connectivity index (χ1v) is 9.63. The molecule has 0 unspecified atom stereocenters. The van der Waals surface area contributed by atoms with E-state index in [0.717, 1.165) is 5.56 Å². The van der Waals surface area contributed by atoms with Crippen LogP contribution < -0.4 is 10.2 Å². The number of nitriles is 1. The van der Waals surface area contributed by atoms with E-state index in [2.05, 4.69) is 5.32 Å². The van der Waals surface area contributed by atoms with Crippen molar-refractivity contribution in [3.8, 4) is 6.07 Å². The minimum atomic E-state index is -0.946. The van der Waals surface area contributed by atoms with Gasteiger partial charge < -0.3 is 19.7 Å². The summed E-state index contributed by atoms with van der Waals surface area (Å²) in [6.45, 7) is 1.21. The molecule has 158 valence electrons. The van der Waals surface area contributed by atoms with E-state index in [1.54, 1.807) is 36.4 Å². The van der Waals surface area contributed by atoms with Gasteiger partial charge in [0.25, 0.3) is 5.91 Å². The van der Waals surface area contributed by atoms with Crippen LogP contribution in [-0.2, 0) is 23.9 Å². The maximum Gasteiger partial charge on any atom is 0.347 e. The Morgan fingerprint density at radius 2 is 1.87 bits per heavy atom. The molecule has 8 nitrogen and oxygen atoms in total. The van der Waals surface area contributed by atoms with Crippen molar-refractivity contribution in [1.82, 2.24) is 0 Å². The highest BCUT2D eigenvalue weighted by atomic mass is 16.5. The third-order valence-corrected chi connectivity index (χ3v) is 4.51. The van der Waals surface area contributed by atoms with Crippen LogP contribution in [0.25, 0.3) is 0 Å². The number of ether oxygens (including phenoxy) is 2. The van der Waals surface area contributed by atoms with Gasteiger partial charge in [-0.2, -0.15) is 5.26 Å². The fourth-order valence-electron chi connectivity index (χ4n) is 2.93. The number of ketones is 1. The lowest BCUT2D eigenvalue weighted by atomic mass is 10.2. The number of nitrogens with one attached hydrogen (secondary N) is 1. The summed E-state index contributed by atoms with van der Waals surface area (Å²) >= 11 is 0. The lowest BCUT2D eigenvalue weighted by Gasteiger charge is -2.21. The second-order valence-electron chi connectivity index (χ2n) is 6.77. The molecule has 0 atom stereocenters. The zero-order chi connectivity index (χ0) is 22.2.